The fourth-order valence-electron chi connectivity index (χ4n) is 1.51. The first kappa shape index (κ1) is 17.7. The van der Waals surface area contributed by atoms with Crippen LogP contribution in [-0.2, 0) is 20.8 Å². The molecule has 0 heterocycles. The van der Waals surface area contributed by atoms with Crippen molar-refractivity contribution in [3.05, 3.63) is 29.6 Å². The maximum absolute atomic E-state index is 13.7. The van der Waals surface area contributed by atoms with Crippen LogP contribution in [-0.4, -0.2) is 36.6 Å². The zero-order valence-corrected chi connectivity index (χ0v) is 13.3. The molecular weight excluding hydrogens is 319 g/mol. The summed E-state index contributed by atoms with van der Waals surface area (Å²) in [5, 5.41) is 7.28. The predicted molar refractivity (Wildman–Crippen MR) is 78.3 cm³/mol. The first-order chi connectivity index (χ1) is 9.62. The van der Waals surface area contributed by atoms with Gasteiger partial charge in [0.25, 0.3) is 5.91 Å². The zero-order chi connectivity index (χ0) is 16.2. The quantitative estimate of drug-likeness (QED) is 0.782. The Balaban J connectivity index is 2.74. The molecule has 2 atom stereocenters. The third kappa shape index (κ3) is 5.18. The fraction of sp³-hybridized carbons (Fsp3) is 0.417. The number of sulfonamides is 1. The van der Waals surface area contributed by atoms with E-state index < -0.39 is 37.4 Å². The second kappa shape index (κ2) is 7.10. The van der Waals surface area contributed by atoms with Crippen molar-refractivity contribution in [3.8, 4) is 0 Å². The van der Waals surface area contributed by atoms with E-state index in [4.69, 9.17) is 5.14 Å². The molecule has 0 bridgehead atoms. The molecule has 1 amide bonds. The molecule has 0 fully saturated rings. The first-order valence-electron chi connectivity index (χ1n) is 6.05. The molecule has 0 saturated heterocycles. The maximum Gasteiger partial charge on any atom is 0.254 e. The lowest BCUT2D eigenvalue weighted by Crippen LogP contribution is -2.28. The van der Waals surface area contributed by atoms with Crippen LogP contribution in [0.2, 0.25) is 0 Å². The van der Waals surface area contributed by atoms with Gasteiger partial charge in [0.05, 0.1) is 10.5 Å². The number of benzene rings is 1. The Kier molecular flexibility index (Phi) is 5.99. The Morgan fingerprint density at radius 2 is 2.10 bits per heavy atom. The van der Waals surface area contributed by atoms with Crippen molar-refractivity contribution in [2.24, 2.45) is 5.14 Å². The minimum Gasteiger partial charge on any atom is -0.352 e. The number of rotatable bonds is 6. The van der Waals surface area contributed by atoms with Gasteiger partial charge in [0.15, 0.2) is 0 Å². The molecule has 0 aromatic heterocycles. The molecule has 0 spiro atoms. The Morgan fingerprint density at radius 3 is 2.57 bits per heavy atom. The summed E-state index contributed by atoms with van der Waals surface area (Å²) in [7, 11) is -5.00. The molecule has 1 rings (SSSR count). The van der Waals surface area contributed by atoms with Crippen LogP contribution in [0.15, 0.2) is 23.1 Å². The topological polar surface area (TPSA) is 106 Å². The molecule has 2 unspecified atom stereocenters. The molecule has 21 heavy (non-hydrogen) atoms. The first-order valence-corrected chi connectivity index (χ1v) is 9.22. The molecule has 0 aliphatic rings. The summed E-state index contributed by atoms with van der Waals surface area (Å²) in [6.45, 7) is 2.03. The lowest BCUT2D eigenvalue weighted by atomic mass is 10.2. The third-order valence-electron chi connectivity index (χ3n) is 2.92. The van der Waals surface area contributed by atoms with Gasteiger partial charge in [-0.15, -0.1) is 0 Å². The van der Waals surface area contributed by atoms with Crippen LogP contribution in [0.1, 0.15) is 23.7 Å². The van der Waals surface area contributed by atoms with Crippen LogP contribution in [0.25, 0.3) is 0 Å². The van der Waals surface area contributed by atoms with Gasteiger partial charge < -0.3 is 5.32 Å². The zero-order valence-electron chi connectivity index (χ0n) is 11.6. The molecule has 9 heteroatoms. The van der Waals surface area contributed by atoms with E-state index in [2.05, 4.69) is 5.32 Å². The highest BCUT2D eigenvalue weighted by atomic mass is 32.2. The van der Waals surface area contributed by atoms with E-state index in [1.807, 2.05) is 0 Å². The Morgan fingerprint density at radius 1 is 1.48 bits per heavy atom. The summed E-state index contributed by atoms with van der Waals surface area (Å²) in [4.78, 5) is 11.4. The number of nitrogens with one attached hydrogen (secondary N) is 1. The van der Waals surface area contributed by atoms with Gasteiger partial charge in [0.1, 0.15) is 5.82 Å². The Bertz CT molecular complexity index is 661. The van der Waals surface area contributed by atoms with E-state index in [1.54, 1.807) is 13.2 Å². The van der Waals surface area contributed by atoms with Gasteiger partial charge in [0.2, 0.25) is 10.0 Å². The normalized spacial score (nSPS) is 14.5. The number of hydrogen-bond donors (Lipinski definition) is 2. The van der Waals surface area contributed by atoms with E-state index in [-0.39, 0.29) is 17.4 Å². The van der Waals surface area contributed by atoms with Crippen LogP contribution < -0.4 is 10.5 Å². The van der Waals surface area contributed by atoms with Crippen LogP contribution in [0, 0.1) is 5.82 Å². The number of carbonyl (C=O) groups is 1. The Labute approximate surface area is 125 Å². The van der Waals surface area contributed by atoms with Crippen molar-refractivity contribution in [3.63, 3.8) is 0 Å². The molecule has 0 aliphatic heterocycles. The number of primary sulfonamides is 1. The second-order valence-electron chi connectivity index (χ2n) is 4.54. The highest BCUT2D eigenvalue weighted by molar-refractivity contribution is 7.89. The van der Waals surface area contributed by atoms with E-state index in [0.717, 1.165) is 12.1 Å². The smallest absolute Gasteiger partial charge is 0.254 e. The summed E-state index contributed by atoms with van der Waals surface area (Å²) in [6, 6.07) is 2.83. The minimum absolute atomic E-state index is 0.0834. The minimum atomic E-state index is -4.01. The van der Waals surface area contributed by atoms with E-state index in [1.165, 1.54) is 0 Å². The molecule has 3 N–H and O–H groups in total. The molecule has 0 saturated carbocycles. The highest BCUT2D eigenvalue weighted by Crippen LogP contribution is 2.13. The average Bonchev–Trinajstić information content (AvgIpc) is 2.36. The maximum atomic E-state index is 13.7. The van der Waals surface area contributed by atoms with Crippen molar-refractivity contribution >= 4 is 26.7 Å². The summed E-state index contributed by atoms with van der Waals surface area (Å²) in [5.41, 5.74) is -0.271. The standard InChI is InChI=1S/C12H17FN2O4S2/c1-8(20(2)17)5-6-15-12(16)10-4-3-9(7-11(10)13)21(14,18)19/h3-4,7-8H,5-6H2,1-2H3,(H,15,16)(H2,14,18,19). The Hall–Kier alpha value is -1.32. The number of halogens is 1. The summed E-state index contributed by atoms with van der Waals surface area (Å²) >= 11 is 0. The van der Waals surface area contributed by atoms with Gasteiger partial charge >= 0.3 is 0 Å². The molecule has 0 aliphatic carbocycles. The molecular formula is C12H17FN2O4S2. The monoisotopic (exact) mass is 336 g/mol. The average molecular weight is 336 g/mol. The van der Waals surface area contributed by atoms with Crippen molar-refractivity contribution < 1.29 is 21.8 Å². The second-order valence-corrected chi connectivity index (χ2v) is 7.90. The van der Waals surface area contributed by atoms with Gasteiger partial charge in [-0.2, -0.15) is 0 Å². The largest absolute Gasteiger partial charge is 0.352 e. The van der Waals surface area contributed by atoms with Gasteiger partial charge in [0, 0.05) is 28.9 Å². The van der Waals surface area contributed by atoms with Gasteiger partial charge in [-0.3, -0.25) is 9.00 Å². The van der Waals surface area contributed by atoms with Crippen LogP contribution in [0.3, 0.4) is 0 Å². The van der Waals surface area contributed by atoms with Crippen molar-refractivity contribution in [1.82, 2.24) is 5.32 Å². The van der Waals surface area contributed by atoms with Crippen LogP contribution in [0.5, 0.6) is 0 Å². The fourth-order valence-corrected chi connectivity index (χ4v) is 2.48. The van der Waals surface area contributed by atoms with Gasteiger partial charge in [-0.05, 0) is 24.6 Å². The van der Waals surface area contributed by atoms with Crippen LogP contribution in [0.4, 0.5) is 4.39 Å². The van der Waals surface area contributed by atoms with Gasteiger partial charge in [-0.1, -0.05) is 6.92 Å². The van der Waals surface area contributed by atoms with Crippen molar-refractivity contribution in [2.75, 3.05) is 12.8 Å². The van der Waals surface area contributed by atoms with E-state index in [0.29, 0.717) is 12.5 Å². The molecule has 1 aromatic carbocycles. The summed E-state index contributed by atoms with van der Waals surface area (Å²) in [6.07, 6.45) is 2.06. The molecule has 1 aromatic rings. The lowest BCUT2D eigenvalue weighted by Gasteiger charge is -2.10. The van der Waals surface area contributed by atoms with Crippen molar-refractivity contribution in [1.29, 1.82) is 0 Å². The van der Waals surface area contributed by atoms with E-state index in [9.17, 15) is 21.8 Å². The van der Waals surface area contributed by atoms with Gasteiger partial charge in [-0.25, -0.2) is 17.9 Å². The lowest BCUT2D eigenvalue weighted by molar-refractivity contribution is 0.0949. The molecule has 118 valence electrons. The molecule has 6 nitrogen and oxygen atoms in total. The van der Waals surface area contributed by atoms with Crippen molar-refractivity contribution in [2.45, 2.75) is 23.5 Å². The highest BCUT2D eigenvalue weighted by Gasteiger charge is 2.16. The summed E-state index contributed by atoms with van der Waals surface area (Å²) in [5.74, 6) is -1.63. The predicted octanol–water partition coefficient (Wildman–Crippen LogP) is 0.360. The SMILES string of the molecule is CC(CCNC(=O)c1ccc(S(N)(=O)=O)cc1F)S(C)=O. The summed E-state index contributed by atoms with van der Waals surface area (Å²) < 4.78 is 47.0. The third-order valence-corrected chi connectivity index (χ3v) is 5.20. The molecule has 0 radical (unpaired) electrons. The number of nitrogens with two attached hydrogens (primary N) is 1. The number of amides is 1. The number of carbonyl (C=O) groups excluding carboxylic acids is 1. The van der Waals surface area contributed by atoms with Crippen LogP contribution >= 0.6 is 0 Å². The number of hydrogen-bond acceptors (Lipinski definition) is 4. The van der Waals surface area contributed by atoms with E-state index >= 15 is 0 Å².